The molecule has 0 bridgehead atoms. The number of pyridine rings is 1. The van der Waals surface area contributed by atoms with Crippen molar-refractivity contribution in [2.75, 3.05) is 0 Å². The molecule has 1 nitrogen and oxygen atoms in total. The van der Waals surface area contributed by atoms with Crippen LogP contribution in [0.4, 0.5) is 0 Å². The van der Waals surface area contributed by atoms with E-state index in [9.17, 15) is 0 Å². The van der Waals surface area contributed by atoms with Crippen molar-refractivity contribution in [1.82, 2.24) is 4.98 Å². The number of allylic oxidation sites excluding steroid dienone is 1. The van der Waals surface area contributed by atoms with Crippen molar-refractivity contribution in [1.29, 1.82) is 0 Å². The molecule has 16 heavy (non-hydrogen) atoms. The van der Waals surface area contributed by atoms with Crippen LogP contribution < -0.4 is 18.9 Å². The second-order valence-electron chi connectivity index (χ2n) is 3.37. The first kappa shape index (κ1) is 17.9. The Morgan fingerprint density at radius 1 is 1.31 bits per heavy atom. The summed E-state index contributed by atoms with van der Waals surface area (Å²) in [5, 5.41) is 0. The van der Waals surface area contributed by atoms with Gasteiger partial charge in [0.25, 0.3) is 0 Å². The maximum atomic E-state index is 4.32. The summed E-state index contributed by atoms with van der Waals surface area (Å²) in [5.74, 6) is 0. The summed E-state index contributed by atoms with van der Waals surface area (Å²) in [7, 11) is 0. The Morgan fingerprint density at radius 2 is 1.94 bits per heavy atom. The van der Waals surface area contributed by atoms with Crippen molar-refractivity contribution in [3.8, 4) is 0 Å². The number of unbranched alkanes of at least 4 members (excludes halogenated alkanes) is 1. The zero-order valence-electron chi connectivity index (χ0n) is 11.2. The van der Waals surface area contributed by atoms with Gasteiger partial charge in [-0.15, -0.1) is 0 Å². The second-order valence-corrected chi connectivity index (χ2v) is 3.37. The fourth-order valence-corrected chi connectivity index (χ4v) is 0.896. The molecule has 1 aromatic rings. The van der Waals surface area contributed by atoms with Gasteiger partial charge in [0.1, 0.15) is 0 Å². The monoisotopic (exact) mass is 211 g/mol. The van der Waals surface area contributed by atoms with Crippen LogP contribution in [0.3, 0.4) is 0 Å². The first-order chi connectivity index (χ1) is 7.24. The Balaban J connectivity index is 0. The Hall–Kier alpha value is -0.513. The summed E-state index contributed by atoms with van der Waals surface area (Å²) in [6, 6.07) is 6.04. The minimum Gasteiger partial charge on any atom is -0.343 e. The summed E-state index contributed by atoms with van der Waals surface area (Å²) in [5.41, 5.74) is 2.12. The fourth-order valence-electron chi connectivity index (χ4n) is 0.896. The van der Waals surface area contributed by atoms with Crippen molar-refractivity contribution in [2.45, 2.75) is 40.0 Å². The number of aryl methyl sites for hydroxylation is 1. The predicted octanol–water partition coefficient (Wildman–Crippen LogP) is 1.44. The van der Waals surface area contributed by atoms with E-state index >= 15 is 0 Å². The predicted molar refractivity (Wildman–Crippen MR) is 68.6 cm³/mol. The van der Waals surface area contributed by atoms with Gasteiger partial charge in [-0.2, -0.15) is 6.42 Å². The molecule has 0 aromatic carbocycles. The van der Waals surface area contributed by atoms with Gasteiger partial charge >= 0.3 is 18.9 Å². The first-order valence-electron chi connectivity index (χ1n) is 5.64. The molecule has 0 amide bonds. The number of nitrogens with zero attached hydrogens (tertiary/aromatic N) is 1. The molecule has 0 saturated carbocycles. The van der Waals surface area contributed by atoms with Crippen LogP contribution in [-0.4, -0.2) is 4.98 Å². The summed E-state index contributed by atoms with van der Waals surface area (Å²) in [6.07, 6.45) is 7.50. The fraction of sp³-hybridized carbons (Fsp3) is 0.429. The Morgan fingerprint density at radius 3 is 2.38 bits per heavy atom. The standard InChI is InChI=1S/C10H13N.C4H9.Li/c1-3-4-7-10-8-5-6-9(2)11-10;1-3-4-2;/h4-8H,3H2,1-2H3;1,3-4H2,2H3;/q;-1;+1/b7-4+;;. The van der Waals surface area contributed by atoms with E-state index in [0.717, 1.165) is 24.2 Å². The van der Waals surface area contributed by atoms with Crippen LogP contribution in [0.5, 0.6) is 0 Å². The molecular formula is C14H22LiN. The zero-order valence-corrected chi connectivity index (χ0v) is 11.2. The summed E-state index contributed by atoms with van der Waals surface area (Å²) in [6.45, 7) is 9.84. The van der Waals surface area contributed by atoms with E-state index in [1.165, 1.54) is 6.42 Å². The van der Waals surface area contributed by atoms with Gasteiger partial charge in [0.05, 0.1) is 5.69 Å². The average molecular weight is 211 g/mol. The van der Waals surface area contributed by atoms with Crippen LogP contribution in [0.2, 0.25) is 0 Å². The number of aromatic nitrogens is 1. The van der Waals surface area contributed by atoms with E-state index in [1.807, 2.05) is 31.2 Å². The molecule has 0 spiro atoms. The molecule has 84 valence electrons. The van der Waals surface area contributed by atoms with E-state index in [-0.39, 0.29) is 18.9 Å². The smallest absolute Gasteiger partial charge is 0.343 e. The van der Waals surface area contributed by atoms with Crippen LogP contribution in [-0.2, 0) is 0 Å². The Bertz CT molecular complexity index is 280. The third kappa shape index (κ3) is 10.0. The Kier molecular flexibility index (Phi) is 14.0. The quantitative estimate of drug-likeness (QED) is 0.544. The summed E-state index contributed by atoms with van der Waals surface area (Å²) >= 11 is 0. The number of hydrogen-bond acceptors (Lipinski definition) is 1. The number of rotatable bonds is 3. The van der Waals surface area contributed by atoms with Crippen molar-refractivity contribution in [2.24, 2.45) is 0 Å². The van der Waals surface area contributed by atoms with E-state index in [4.69, 9.17) is 0 Å². The van der Waals surface area contributed by atoms with Crippen molar-refractivity contribution >= 4 is 6.08 Å². The van der Waals surface area contributed by atoms with Crippen LogP contribution >= 0.6 is 0 Å². The molecular weight excluding hydrogens is 189 g/mol. The molecule has 0 aliphatic heterocycles. The van der Waals surface area contributed by atoms with E-state index in [2.05, 4.69) is 31.8 Å². The molecule has 0 N–H and O–H groups in total. The van der Waals surface area contributed by atoms with Crippen molar-refractivity contribution < 1.29 is 18.9 Å². The van der Waals surface area contributed by atoms with Crippen molar-refractivity contribution in [3.63, 3.8) is 0 Å². The molecule has 0 aliphatic carbocycles. The Labute approximate surface area is 113 Å². The largest absolute Gasteiger partial charge is 1.00 e. The molecule has 0 radical (unpaired) electrons. The molecule has 0 saturated heterocycles. The minimum atomic E-state index is 0. The van der Waals surface area contributed by atoms with Gasteiger partial charge in [0.15, 0.2) is 0 Å². The average Bonchev–Trinajstić information content (AvgIpc) is 2.27. The van der Waals surface area contributed by atoms with E-state index in [0.29, 0.717) is 0 Å². The maximum Gasteiger partial charge on any atom is 1.00 e. The van der Waals surface area contributed by atoms with Gasteiger partial charge in [-0.3, -0.25) is 4.98 Å². The van der Waals surface area contributed by atoms with Gasteiger partial charge < -0.3 is 6.92 Å². The summed E-state index contributed by atoms with van der Waals surface area (Å²) < 4.78 is 0. The molecule has 1 heterocycles. The topological polar surface area (TPSA) is 12.9 Å². The first-order valence-corrected chi connectivity index (χ1v) is 5.64. The SMILES string of the molecule is CC/C=C/c1cccc(C)n1.[CH2-]CCC.[Li+]. The zero-order chi connectivity index (χ0) is 11.5. The number of hydrogen-bond donors (Lipinski definition) is 0. The molecule has 1 aromatic heterocycles. The minimum absolute atomic E-state index is 0. The van der Waals surface area contributed by atoms with Crippen LogP contribution in [0, 0.1) is 13.8 Å². The molecule has 0 unspecified atom stereocenters. The molecule has 1 rings (SSSR count). The third-order valence-electron chi connectivity index (χ3n) is 1.79. The van der Waals surface area contributed by atoms with Gasteiger partial charge in [0, 0.05) is 5.69 Å². The normalized spacial score (nSPS) is 9.25. The molecule has 0 aliphatic rings. The second kappa shape index (κ2) is 12.6. The van der Waals surface area contributed by atoms with Crippen LogP contribution in [0.25, 0.3) is 6.08 Å². The molecule has 0 atom stereocenters. The summed E-state index contributed by atoms with van der Waals surface area (Å²) in [4.78, 5) is 4.32. The van der Waals surface area contributed by atoms with Crippen LogP contribution in [0.1, 0.15) is 44.5 Å². The van der Waals surface area contributed by atoms with Gasteiger partial charge in [-0.05, 0) is 31.6 Å². The van der Waals surface area contributed by atoms with Gasteiger partial charge in [0.2, 0.25) is 0 Å². The van der Waals surface area contributed by atoms with E-state index < -0.39 is 0 Å². The molecule has 0 fully saturated rings. The maximum absolute atomic E-state index is 4.32. The van der Waals surface area contributed by atoms with Gasteiger partial charge in [-0.25, -0.2) is 0 Å². The van der Waals surface area contributed by atoms with Crippen molar-refractivity contribution in [3.05, 3.63) is 42.6 Å². The van der Waals surface area contributed by atoms with E-state index in [1.54, 1.807) is 0 Å². The third-order valence-corrected chi connectivity index (χ3v) is 1.79. The van der Waals surface area contributed by atoms with Gasteiger partial charge in [-0.1, -0.05) is 32.4 Å². The molecule has 2 heteroatoms. The van der Waals surface area contributed by atoms with Crippen LogP contribution in [0.15, 0.2) is 24.3 Å².